The van der Waals surface area contributed by atoms with Crippen LogP contribution in [-0.2, 0) is 27.7 Å². The summed E-state index contributed by atoms with van der Waals surface area (Å²) in [6.45, 7) is 8.26. The molecule has 0 saturated carbocycles. The highest BCUT2D eigenvalue weighted by Gasteiger charge is 2.21. The molecular formula is C16H29N3O3S. The van der Waals surface area contributed by atoms with Gasteiger partial charge in [-0.15, -0.1) is 0 Å². The zero-order chi connectivity index (χ0) is 17.0. The van der Waals surface area contributed by atoms with E-state index in [0.29, 0.717) is 24.9 Å². The van der Waals surface area contributed by atoms with E-state index in [2.05, 4.69) is 30.8 Å². The molecule has 0 spiro atoms. The molecule has 0 aromatic carbocycles. The summed E-state index contributed by atoms with van der Waals surface area (Å²) < 4.78 is 31.1. The molecule has 23 heavy (non-hydrogen) atoms. The van der Waals surface area contributed by atoms with Gasteiger partial charge in [0, 0.05) is 39.1 Å². The first-order valence-electron chi connectivity index (χ1n) is 8.28. The van der Waals surface area contributed by atoms with Gasteiger partial charge in [-0.05, 0) is 31.7 Å². The van der Waals surface area contributed by atoms with Crippen LogP contribution in [0.3, 0.4) is 0 Å². The van der Waals surface area contributed by atoms with E-state index in [4.69, 9.17) is 4.74 Å². The highest BCUT2D eigenvalue weighted by atomic mass is 32.2. The Hall–Kier alpha value is -0.920. The monoisotopic (exact) mass is 343 g/mol. The van der Waals surface area contributed by atoms with Crippen LogP contribution < -0.4 is 0 Å². The first-order chi connectivity index (χ1) is 10.8. The first kappa shape index (κ1) is 18.4. The van der Waals surface area contributed by atoms with Gasteiger partial charge in [0.15, 0.2) is 0 Å². The summed E-state index contributed by atoms with van der Waals surface area (Å²) >= 11 is 0. The normalized spacial score (nSPS) is 17.3. The van der Waals surface area contributed by atoms with E-state index >= 15 is 0 Å². The maximum absolute atomic E-state index is 11.9. The predicted octanol–water partition coefficient (Wildman–Crippen LogP) is 1.80. The second kappa shape index (κ2) is 7.77. The minimum absolute atomic E-state index is 0.181. The number of aromatic nitrogens is 2. The standard InChI is InChI=1S/C16H29N3O3S/c1-13(2)10-19-15(9-17-16(19)23(4,20)21)12-18(3)11-14-5-7-22-8-6-14/h9,13-14H,5-8,10-12H2,1-4H3. The molecule has 7 heteroatoms. The van der Waals surface area contributed by atoms with Crippen molar-refractivity contribution in [1.29, 1.82) is 0 Å². The summed E-state index contributed by atoms with van der Waals surface area (Å²) in [5.74, 6) is 1.02. The van der Waals surface area contributed by atoms with Crippen molar-refractivity contribution >= 4 is 9.84 Å². The molecule has 1 aliphatic rings. The van der Waals surface area contributed by atoms with Gasteiger partial charge in [0.1, 0.15) is 0 Å². The molecule has 1 aromatic rings. The van der Waals surface area contributed by atoms with Gasteiger partial charge in [-0.1, -0.05) is 13.8 Å². The lowest BCUT2D eigenvalue weighted by Gasteiger charge is -2.27. The lowest BCUT2D eigenvalue weighted by molar-refractivity contribution is 0.0547. The van der Waals surface area contributed by atoms with Gasteiger partial charge in [0.25, 0.3) is 0 Å². The van der Waals surface area contributed by atoms with Gasteiger partial charge in [0.05, 0.1) is 11.9 Å². The van der Waals surface area contributed by atoms with Gasteiger partial charge in [-0.3, -0.25) is 0 Å². The number of rotatable bonds is 7. The highest BCUT2D eigenvalue weighted by Crippen LogP contribution is 2.19. The van der Waals surface area contributed by atoms with Crippen LogP contribution in [0.1, 0.15) is 32.4 Å². The number of imidazole rings is 1. The molecule has 0 atom stereocenters. The largest absolute Gasteiger partial charge is 0.381 e. The SMILES string of the molecule is CC(C)Cn1c(CN(C)CC2CCOCC2)cnc1S(C)(=O)=O. The van der Waals surface area contributed by atoms with Crippen LogP contribution in [0.5, 0.6) is 0 Å². The Morgan fingerprint density at radius 1 is 1.39 bits per heavy atom. The molecule has 0 bridgehead atoms. The van der Waals surface area contributed by atoms with Gasteiger partial charge < -0.3 is 14.2 Å². The van der Waals surface area contributed by atoms with E-state index in [1.54, 1.807) is 6.20 Å². The maximum atomic E-state index is 11.9. The van der Waals surface area contributed by atoms with Crippen LogP contribution >= 0.6 is 0 Å². The van der Waals surface area contributed by atoms with Crippen molar-refractivity contribution in [2.75, 3.05) is 33.1 Å². The van der Waals surface area contributed by atoms with Crippen molar-refractivity contribution in [2.45, 2.75) is 44.9 Å². The molecule has 0 N–H and O–H groups in total. The topological polar surface area (TPSA) is 64.4 Å². The van der Waals surface area contributed by atoms with Gasteiger partial charge in [-0.2, -0.15) is 0 Å². The summed E-state index contributed by atoms with van der Waals surface area (Å²) in [6, 6.07) is 0. The van der Waals surface area contributed by atoms with Gasteiger partial charge >= 0.3 is 0 Å². The van der Waals surface area contributed by atoms with E-state index in [1.165, 1.54) is 6.26 Å². The molecule has 6 nitrogen and oxygen atoms in total. The Bertz CT molecular complexity index is 604. The third-order valence-electron chi connectivity index (χ3n) is 4.12. The Kier molecular flexibility index (Phi) is 6.22. The van der Waals surface area contributed by atoms with Gasteiger partial charge in [0.2, 0.25) is 15.0 Å². The summed E-state index contributed by atoms with van der Waals surface area (Å²) in [4.78, 5) is 6.43. The van der Waals surface area contributed by atoms with Crippen molar-refractivity contribution in [3.8, 4) is 0 Å². The summed E-state index contributed by atoms with van der Waals surface area (Å²) in [5.41, 5.74) is 0.966. The second-order valence-corrected chi connectivity index (χ2v) is 8.97. The summed E-state index contributed by atoms with van der Waals surface area (Å²) in [7, 11) is -1.22. The van der Waals surface area contributed by atoms with Crippen molar-refractivity contribution in [3.63, 3.8) is 0 Å². The Morgan fingerprint density at radius 2 is 2.04 bits per heavy atom. The Balaban J connectivity index is 2.10. The minimum Gasteiger partial charge on any atom is -0.381 e. The fourth-order valence-corrected chi connectivity index (χ4v) is 3.92. The van der Waals surface area contributed by atoms with Crippen LogP contribution in [0.25, 0.3) is 0 Å². The zero-order valence-electron chi connectivity index (χ0n) is 14.7. The molecule has 132 valence electrons. The third-order valence-corrected chi connectivity index (χ3v) is 5.11. The molecule has 1 aliphatic heterocycles. The number of nitrogens with zero attached hydrogens (tertiary/aromatic N) is 3. The van der Waals surface area contributed by atoms with E-state index in [-0.39, 0.29) is 5.16 Å². The Morgan fingerprint density at radius 3 is 2.61 bits per heavy atom. The third kappa shape index (κ3) is 5.29. The number of sulfone groups is 1. The fraction of sp³-hybridized carbons (Fsp3) is 0.812. The fourth-order valence-electron chi connectivity index (χ4n) is 3.09. The highest BCUT2D eigenvalue weighted by molar-refractivity contribution is 7.90. The first-order valence-corrected chi connectivity index (χ1v) is 10.2. The van der Waals surface area contributed by atoms with Crippen LogP contribution in [0.15, 0.2) is 11.4 Å². The smallest absolute Gasteiger partial charge is 0.227 e. The van der Waals surface area contributed by atoms with Crippen LogP contribution in [-0.4, -0.2) is 55.9 Å². The average molecular weight is 343 g/mol. The average Bonchev–Trinajstić information content (AvgIpc) is 2.82. The molecule has 1 saturated heterocycles. The molecule has 0 unspecified atom stereocenters. The summed E-state index contributed by atoms with van der Waals surface area (Å²) in [5, 5.41) is 0.181. The van der Waals surface area contributed by atoms with Crippen LogP contribution in [0, 0.1) is 11.8 Å². The second-order valence-electron chi connectivity index (χ2n) is 7.06. The molecular weight excluding hydrogens is 314 g/mol. The lowest BCUT2D eigenvalue weighted by Crippen LogP contribution is -2.30. The van der Waals surface area contributed by atoms with E-state index < -0.39 is 9.84 Å². The molecule has 0 amide bonds. The van der Waals surface area contributed by atoms with E-state index in [0.717, 1.165) is 38.3 Å². The molecule has 1 aromatic heterocycles. The van der Waals surface area contributed by atoms with Crippen molar-refractivity contribution in [1.82, 2.24) is 14.5 Å². The van der Waals surface area contributed by atoms with Crippen LogP contribution in [0.2, 0.25) is 0 Å². The zero-order valence-corrected chi connectivity index (χ0v) is 15.5. The quantitative estimate of drug-likeness (QED) is 0.755. The number of ether oxygens (including phenoxy) is 1. The molecule has 2 rings (SSSR count). The van der Waals surface area contributed by atoms with Gasteiger partial charge in [-0.25, -0.2) is 13.4 Å². The van der Waals surface area contributed by atoms with Crippen molar-refractivity contribution < 1.29 is 13.2 Å². The number of hydrogen-bond acceptors (Lipinski definition) is 5. The minimum atomic E-state index is -3.30. The maximum Gasteiger partial charge on any atom is 0.227 e. The Labute approximate surface area is 139 Å². The van der Waals surface area contributed by atoms with Crippen molar-refractivity contribution in [2.24, 2.45) is 11.8 Å². The van der Waals surface area contributed by atoms with Crippen molar-refractivity contribution in [3.05, 3.63) is 11.9 Å². The van der Waals surface area contributed by atoms with Crippen LogP contribution in [0.4, 0.5) is 0 Å². The molecule has 0 aliphatic carbocycles. The van der Waals surface area contributed by atoms with E-state index in [1.807, 2.05) is 4.57 Å². The summed E-state index contributed by atoms with van der Waals surface area (Å²) in [6.07, 6.45) is 5.13. The molecule has 2 heterocycles. The molecule has 0 radical (unpaired) electrons. The lowest BCUT2D eigenvalue weighted by atomic mass is 10.00. The van der Waals surface area contributed by atoms with E-state index in [9.17, 15) is 8.42 Å². The number of hydrogen-bond donors (Lipinski definition) is 0. The molecule has 1 fully saturated rings. The predicted molar refractivity (Wildman–Crippen MR) is 90.1 cm³/mol.